The third kappa shape index (κ3) is 4.64. The predicted molar refractivity (Wildman–Crippen MR) is 214 cm³/mol. The van der Waals surface area contributed by atoms with E-state index in [1.807, 2.05) is 0 Å². The summed E-state index contributed by atoms with van der Waals surface area (Å²) >= 11 is 0. The lowest BCUT2D eigenvalue weighted by Crippen LogP contribution is -2.16. The molecular weight excluding hydrogens is 619 g/mol. The Hall–Kier alpha value is -6.38. The first-order valence-corrected chi connectivity index (χ1v) is 17.7. The molecule has 0 amide bonds. The van der Waals surface area contributed by atoms with Crippen LogP contribution in [0.1, 0.15) is 25.0 Å². The maximum atomic E-state index is 6.69. The standard InChI is InChI=1S/C49H35NO/c1-49(2)45-18-9-8-15-41(45)42-30-28-38(31-46(42)49)50(36-24-19-33(20-25-36)32-11-4-3-5-12-32)37-26-21-35(22-27-37)40-16-10-17-43-44-29-23-34-13-6-7-14-39(34)48(44)51-47(40)43/h3-31H,1-2H3. The Morgan fingerprint density at radius 3 is 1.78 bits per heavy atom. The van der Waals surface area contributed by atoms with E-state index in [9.17, 15) is 0 Å². The van der Waals surface area contributed by atoms with Gasteiger partial charge in [-0.3, -0.25) is 0 Å². The highest BCUT2D eigenvalue weighted by Crippen LogP contribution is 2.51. The van der Waals surface area contributed by atoms with Crippen LogP contribution >= 0.6 is 0 Å². The van der Waals surface area contributed by atoms with Gasteiger partial charge in [0.1, 0.15) is 11.2 Å². The lowest BCUT2D eigenvalue weighted by Gasteiger charge is -2.28. The fourth-order valence-corrected chi connectivity index (χ4v) is 8.26. The molecule has 1 heterocycles. The van der Waals surface area contributed by atoms with Gasteiger partial charge in [0.15, 0.2) is 0 Å². The molecule has 0 bridgehead atoms. The van der Waals surface area contributed by atoms with Gasteiger partial charge in [0.2, 0.25) is 0 Å². The molecule has 1 aliphatic rings. The molecule has 1 aromatic heterocycles. The van der Waals surface area contributed by atoms with Crippen molar-refractivity contribution in [3.8, 4) is 33.4 Å². The Bertz CT molecular complexity index is 2750. The molecule has 0 atom stereocenters. The van der Waals surface area contributed by atoms with Crippen LogP contribution in [0.4, 0.5) is 17.1 Å². The summed E-state index contributed by atoms with van der Waals surface area (Å²) in [4.78, 5) is 2.38. The van der Waals surface area contributed by atoms with Gasteiger partial charge in [0, 0.05) is 44.2 Å². The van der Waals surface area contributed by atoms with E-state index >= 15 is 0 Å². The average Bonchev–Trinajstić information content (AvgIpc) is 3.68. The minimum Gasteiger partial charge on any atom is -0.455 e. The van der Waals surface area contributed by atoms with Gasteiger partial charge in [0.05, 0.1) is 0 Å². The van der Waals surface area contributed by atoms with Crippen LogP contribution in [-0.2, 0) is 5.41 Å². The Morgan fingerprint density at radius 2 is 0.980 bits per heavy atom. The molecule has 2 heteroatoms. The van der Waals surface area contributed by atoms with Gasteiger partial charge in [0.25, 0.3) is 0 Å². The highest BCUT2D eigenvalue weighted by Gasteiger charge is 2.35. The number of fused-ring (bicyclic) bond motifs is 8. The van der Waals surface area contributed by atoms with Crippen molar-refractivity contribution in [1.29, 1.82) is 0 Å². The third-order valence-electron chi connectivity index (χ3n) is 10.9. The van der Waals surface area contributed by atoms with Crippen molar-refractivity contribution in [2.75, 3.05) is 4.90 Å². The molecule has 0 spiro atoms. The largest absolute Gasteiger partial charge is 0.455 e. The lowest BCUT2D eigenvalue weighted by atomic mass is 9.82. The molecule has 0 unspecified atom stereocenters. The third-order valence-corrected chi connectivity index (χ3v) is 10.9. The Balaban J connectivity index is 1.09. The summed E-state index contributed by atoms with van der Waals surface area (Å²) in [5, 5.41) is 4.61. The van der Waals surface area contributed by atoms with E-state index in [0.717, 1.165) is 55.5 Å². The van der Waals surface area contributed by atoms with Crippen LogP contribution in [-0.4, -0.2) is 0 Å². The fourth-order valence-electron chi connectivity index (χ4n) is 8.26. The molecule has 10 rings (SSSR count). The molecule has 2 nitrogen and oxygen atoms in total. The molecule has 242 valence electrons. The second-order valence-corrected chi connectivity index (χ2v) is 14.1. The van der Waals surface area contributed by atoms with Crippen molar-refractivity contribution in [3.05, 3.63) is 187 Å². The number of nitrogens with zero attached hydrogens (tertiary/aromatic N) is 1. The number of rotatable bonds is 5. The van der Waals surface area contributed by atoms with Crippen LogP contribution in [0.25, 0.3) is 66.1 Å². The highest BCUT2D eigenvalue weighted by molar-refractivity contribution is 6.17. The summed E-state index contributed by atoms with van der Waals surface area (Å²) in [5.74, 6) is 0. The number of hydrogen-bond donors (Lipinski definition) is 0. The highest BCUT2D eigenvalue weighted by atomic mass is 16.3. The molecule has 0 saturated carbocycles. The summed E-state index contributed by atoms with van der Waals surface area (Å²) in [5.41, 5.74) is 15.1. The second kappa shape index (κ2) is 11.3. The quantitative estimate of drug-likeness (QED) is 0.184. The SMILES string of the molecule is CC1(C)c2ccccc2-c2ccc(N(c3ccc(-c4ccccc4)cc3)c3ccc(-c4cccc5c4oc4c6ccccc6ccc54)cc3)cc21. The fraction of sp³-hybridized carbons (Fsp3) is 0.0612. The zero-order valence-electron chi connectivity index (χ0n) is 28.6. The number of para-hydroxylation sites is 1. The topological polar surface area (TPSA) is 16.4 Å². The monoisotopic (exact) mass is 653 g/mol. The second-order valence-electron chi connectivity index (χ2n) is 14.1. The van der Waals surface area contributed by atoms with Gasteiger partial charge < -0.3 is 9.32 Å². The van der Waals surface area contributed by atoms with Crippen LogP contribution in [0.5, 0.6) is 0 Å². The predicted octanol–water partition coefficient (Wildman–Crippen LogP) is 13.8. The maximum absolute atomic E-state index is 6.69. The molecule has 0 radical (unpaired) electrons. The van der Waals surface area contributed by atoms with Crippen molar-refractivity contribution in [2.24, 2.45) is 0 Å². The number of anilines is 3. The van der Waals surface area contributed by atoms with Crippen LogP contribution in [0.15, 0.2) is 180 Å². The molecule has 0 N–H and O–H groups in total. The number of furan rings is 1. The molecule has 1 aliphatic carbocycles. The van der Waals surface area contributed by atoms with E-state index in [2.05, 4.69) is 195 Å². The van der Waals surface area contributed by atoms with Crippen LogP contribution in [0, 0.1) is 0 Å². The Morgan fingerprint density at radius 1 is 0.392 bits per heavy atom. The molecule has 8 aromatic carbocycles. The van der Waals surface area contributed by atoms with Gasteiger partial charge in [-0.1, -0.05) is 147 Å². The molecule has 51 heavy (non-hydrogen) atoms. The molecule has 0 fully saturated rings. The van der Waals surface area contributed by atoms with E-state index in [-0.39, 0.29) is 5.41 Å². The van der Waals surface area contributed by atoms with Crippen LogP contribution in [0.3, 0.4) is 0 Å². The van der Waals surface area contributed by atoms with Crippen LogP contribution < -0.4 is 4.90 Å². The minimum absolute atomic E-state index is 0.0920. The van der Waals surface area contributed by atoms with Gasteiger partial charge in [-0.05, 0) is 86.8 Å². The van der Waals surface area contributed by atoms with Gasteiger partial charge in [-0.15, -0.1) is 0 Å². The zero-order valence-corrected chi connectivity index (χ0v) is 28.6. The van der Waals surface area contributed by atoms with E-state index < -0.39 is 0 Å². The minimum atomic E-state index is -0.0920. The van der Waals surface area contributed by atoms with Crippen molar-refractivity contribution in [2.45, 2.75) is 19.3 Å². The smallest absolute Gasteiger partial charge is 0.143 e. The summed E-state index contributed by atoms with van der Waals surface area (Å²) in [6, 6.07) is 63.6. The Kier molecular flexibility index (Phi) is 6.56. The summed E-state index contributed by atoms with van der Waals surface area (Å²) in [7, 11) is 0. The van der Waals surface area contributed by atoms with Crippen molar-refractivity contribution in [1.82, 2.24) is 0 Å². The number of benzene rings is 8. The van der Waals surface area contributed by atoms with Crippen LogP contribution in [0.2, 0.25) is 0 Å². The molecular formula is C49H35NO. The summed E-state index contributed by atoms with van der Waals surface area (Å²) in [6.45, 7) is 4.69. The van der Waals surface area contributed by atoms with Gasteiger partial charge in [-0.2, -0.15) is 0 Å². The van der Waals surface area contributed by atoms with E-state index in [1.165, 1.54) is 38.8 Å². The lowest BCUT2D eigenvalue weighted by molar-refractivity contribution is 0.660. The van der Waals surface area contributed by atoms with E-state index in [4.69, 9.17) is 4.42 Å². The number of hydrogen-bond acceptors (Lipinski definition) is 2. The summed E-state index contributed by atoms with van der Waals surface area (Å²) in [6.07, 6.45) is 0. The molecule has 9 aromatic rings. The van der Waals surface area contributed by atoms with E-state index in [0.29, 0.717) is 0 Å². The van der Waals surface area contributed by atoms with Gasteiger partial charge in [-0.25, -0.2) is 0 Å². The van der Waals surface area contributed by atoms with Crippen molar-refractivity contribution >= 4 is 49.8 Å². The normalized spacial score (nSPS) is 13.1. The summed E-state index contributed by atoms with van der Waals surface area (Å²) < 4.78 is 6.69. The maximum Gasteiger partial charge on any atom is 0.143 e. The van der Waals surface area contributed by atoms with Gasteiger partial charge >= 0.3 is 0 Å². The van der Waals surface area contributed by atoms with Crippen molar-refractivity contribution in [3.63, 3.8) is 0 Å². The Labute approximate surface area is 297 Å². The molecule has 0 aliphatic heterocycles. The average molecular weight is 654 g/mol. The first-order chi connectivity index (χ1) is 25.0. The van der Waals surface area contributed by atoms with Crippen molar-refractivity contribution < 1.29 is 4.42 Å². The zero-order chi connectivity index (χ0) is 34.1. The first kappa shape index (κ1) is 29.5. The van der Waals surface area contributed by atoms with E-state index in [1.54, 1.807) is 0 Å². The first-order valence-electron chi connectivity index (χ1n) is 17.7. The molecule has 0 saturated heterocycles.